The van der Waals surface area contributed by atoms with Gasteiger partial charge >= 0.3 is 5.97 Å². The van der Waals surface area contributed by atoms with Gasteiger partial charge < -0.3 is 15.2 Å². The van der Waals surface area contributed by atoms with Crippen LogP contribution >= 0.6 is 0 Å². The molecule has 0 heterocycles. The van der Waals surface area contributed by atoms with E-state index in [4.69, 9.17) is 9.84 Å². The Bertz CT molecular complexity index is 179. The Hall–Kier alpha value is -0.610. The molecule has 0 aromatic carbocycles. The molecule has 0 radical (unpaired) electrons. The molecule has 1 aliphatic rings. The van der Waals surface area contributed by atoms with E-state index in [1.165, 1.54) is 7.11 Å². The number of carboxylic acid groups (broad SMARTS) is 1. The molecule has 0 aliphatic heterocycles. The number of carbonyl (C=O) groups is 1. The van der Waals surface area contributed by atoms with Gasteiger partial charge in [-0.3, -0.25) is 4.79 Å². The summed E-state index contributed by atoms with van der Waals surface area (Å²) in [4.78, 5) is 11.0. The SMILES string of the molecule is CNC(COC)(C(=O)O)C1CC1. The second-order valence-corrected chi connectivity index (χ2v) is 3.23. The van der Waals surface area contributed by atoms with Gasteiger partial charge in [-0.25, -0.2) is 0 Å². The molecule has 1 atom stereocenters. The van der Waals surface area contributed by atoms with E-state index >= 15 is 0 Å². The highest BCUT2D eigenvalue weighted by atomic mass is 16.5. The fraction of sp³-hybridized carbons (Fsp3) is 0.875. The molecule has 0 saturated heterocycles. The van der Waals surface area contributed by atoms with Crippen molar-refractivity contribution in [2.45, 2.75) is 18.4 Å². The van der Waals surface area contributed by atoms with Gasteiger partial charge in [0.1, 0.15) is 5.54 Å². The van der Waals surface area contributed by atoms with Crippen LogP contribution in [0.25, 0.3) is 0 Å². The third-order valence-electron chi connectivity index (χ3n) is 2.47. The minimum absolute atomic E-state index is 0.236. The van der Waals surface area contributed by atoms with Crippen molar-refractivity contribution in [2.24, 2.45) is 5.92 Å². The van der Waals surface area contributed by atoms with Crippen LogP contribution in [0.4, 0.5) is 0 Å². The lowest BCUT2D eigenvalue weighted by atomic mass is 9.95. The molecule has 1 rings (SSSR count). The zero-order chi connectivity index (χ0) is 9.19. The molecule has 0 bridgehead atoms. The summed E-state index contributed by atoms with van der Waals surface area (Å²) in [5.74, 6) is -0.575. The average Bonchev–Trinajstić information content (AvgIpc) is 2.82. The number of aliphatic carboxylic acids is 1. The summed E-state index contributed by atoms with van der Waals surface area (Å²) in [5.41, 5.74) is -0.852. The van der Waals surface area contributed by atoms with Crippen LogP contribution in [0.3, 0.4) is 0 Å². The van der Waals surface area contributed by atoms with Crippen LogP contribution in [-0.2, 0) is 9.53 Å². The Kier molecular flexibility index (Phi) is 2.69. The average molecular weight is 173 g/mol. The summed E-state index contributed by atoms with van der Waals surface area (Å²) < 4.78 is 4.92. The van der Waals surface area contributed by atoms with Crippen LogP contribution in [0, 0.1) is 5.92 Å². The minimum atomic E-state index is -0.852. The van der Waals surface area contributed by atoms with Crippen molar-refractivity contribution in [3.8, 4) is 0 Å². The summed E-state index contributed by atoms with van der Waals surface area (Å²) in [6.07, 6.45) is 1.97. The number of methoxy groups -OCH3 is 1. The van der Waals surface area contributed by atoms with E-state index in [9.17, 15) is 4.79 Å². The molecule has 0 aromatic heterocycles. The van der Waals surface area contributed by atoms with E-state index in [0.29, 0.717) is 0 Å². The van der Waals surface area contributed by atoms with Crippen LogP contribution in [0.2, 0.25) is 0 Å². The molecule has 2 N–H and O–H groups in total. The molecule has 12 heavy (non-hydrogen) atoms. The number of rotatable bonds is 5. The first-order chi connectivity index (χ1) is 5.67. The molecule has 1 aliphatic carbocycles. The summed E-state index contributed by atoms with van der Waals surface area (Å²) in [6.45, 7) is 0.240. The van der Waals surface area contributed by atoms with E-state index in [1.807, 2.05) is 0 Å². The summed E-state index contributed by atoms with van der Waals surface area (Å²) in [6, 6.07) is 0. The molecule has 0 spiro atoms. The third kappa shape index (κ3) is 1.44. The third-order valence-corrected chi connectivity index (χ3v) is 2.47. The predicted octanol–water partition coefficient (Wildman–Crippen LogP) is 0.0856. The zero-order valence-corrected chi connectivity index (χ0v) is 7.46. The lowest BCUT2D eigenvalue weighted by molar-refractivity contribution is -0.148. The van der Waals surface area contributed by atoms with Gasteiger partial charge in [-0.1, -0.05) is 0 Å². The van der Waals surface area contributed by atoms with Crippen molar-refractivity contribution in [2.75, 3.05) is 20.8 Å². The number of ether oxygens (including phenoxy) is 1. The van der Waals surface area contributed by atoms with Crippen LogP contribution in [0.15, 0.2) is 0 Å². The van der Waals surface area contributed by atoms with Crippen molar-refractivity contribution in [1.82, 2.24) is 5.32 Å². The molecule has 0 aromatic rings. The molecular weight excluding hydrogens is 158 g/mol. The van der Waals surface area contributed by atoms with Crippen molar-refractivity contribution in [3.63, 3.8) is 0 Å². The maximum atomic E-state index is 11.0. The van der Waals surface area contributed by atoms with E-state index in [2.05, 4.69) is 5.32 Å². The smallest absolute Gasteiger partial charge is 0.326 e. The normalized spacial score (nSPS) is 21.8. The number of carboxylic acids is 1. The second kappa shape index (κ2) is 3.41. The quantitative estimate of drug-likeness (QED) is 0.618. The van der Waals surface area contributed by atoms with E-state index in [0.717, 1.165) is 12.8 Å². The van der Waals surface area contributed by atoms with Gasteiger partial charge in [0, 0.05) is 7.11 Å². The number of hydrogen-bond donors (Lipinski definition) is 2. The highest BCUT2D eigenvalue weighted by Gasteiger charge is 2.50. The molecule has 70 valence electrons. The predicted molar refractivity (Wildman–Crippen MR) is 44.0 cm³/mol. The molecule has 0 amide bonds. The van der Waals surface area contributed by atoms with Crippen LogP contribution in [-0.4, -0.2) is 37.4 Å². The first-order valence-corrected chi connectivity index (χ1v) is 4.08. The van der Waals surface area contributed by atoms with Crippen LogP contribution in [0.5, 0.6) is 0 Å². The van der Waals surface area contributed by atoms with Crippen molar-refractivity contribution in [1.29, 1.82) is 0 Å². The minimum Gasteiger partial charge on any atom is -0.480 e. The Morgan fingerprint density at radius 1 is 1.75 bits per heavy atom. The Morgan fingerprint density at radius 2 is 2.33 bits per heavy atom. The van der Waals surface area contributed by atoms with E-state index in [1.54, 1.807) is 7.05 Å². The molecule has 4 nitrogen and oxygen atoms in total. The fourth-order valence-electron chi connectivity index (χ4n) is 1.54. The van der Waals surface area contributed by atoms with Gasteiger partial charge in [-0.15, -0.1) is 0 Å². The molecule has 1 saturated carbocycles. The first kappa shape index (κ1) is 9.48. The molecule has 4 heteroatoms. The molecular formula is C8H15NO3. The lowest BCUT2D eigenvalue weighted by Gasteiger charge is -2.27. The van der Waals surface area contributed by atoms with E-state index < -0.39 is 11.5 Å². The van der Waals surface area contributed by atoms with Crippen molar-refractivity contribution in [3.05, 3.63) is 0 Å². The monoisotopic (exact) mass is 173 g/mol. The zero-order valence-electron chi connectivity index (χ0n) is 7.46. The Morgan fingerprint density at radius 3 is 2.58 bits per heavy atom. The van der Waals surface area contributed by atoms with Gasteiger partial charge in [-0.05, 0) is 25.8 Å². The largest absolute Gasteiger partial charge is 0.480 e. The Labute approximate surface area is 71.9 Å². The molecule has 1 fully saturated rings. The maximum absolute atomic E-state index is 11.0. The number of hydrogen-bond acceptors (Lipinski definition) is 3. The lowest BCUT2D eigenvalue weighted by Crippen LogP contribution is -2.55. The van der Waals surface area contributed by atoms with Gasteiger partial charge in [0.15, 0.2) is 0 Å². The van der Waals surface area contributed by atoms with Crippen molar-refractivity contribution < 1.29 is 14.6 Å². The van der Waals surface area contributed by atoms with E-state index in [-0.39, 0.29) is 12.5 Å². The highest BCUT2D eigenvalue weighted by molar-refractivity contribution is 5.80. The Balaban J connectivity index is 2.71. The number of likely N-dealkylation sites (N-methyl/N-ethyl adjacent to an activating group) is 1. The topological polar surface area (TPSA) is 58.6 Å². The molecule has 1 unspecified atom stereocenters. The van der Waals surface area contributed by atoms with Gasteiger partial charge in [0.05, 0.1) is 6.61 Å². The summed E-state index contributed by atoms with van der Waals surface area (Å²) in [5, 5.41) is 11.9. The standard InChI is InChI=1S/C8H15NO3/c1-9-8(5-12-2,7(10)11)6-3-4-6/h6,9H,3-5H2,1-2H3,(H,10,11). The van der Waals surface area contributed by atoms with Gasteiger partial charge in [0.25, 0.3) is 0 Å². The fourth-order valence-corrected chi connectivity index (χ4v) is 1.54. The van der Waals surface area contributed by atoms with Gasteiger partial charge in [-0.2, -0.15) is 0 Å². The van der Waals surface area contributed by atoms with Crippen LogP contribution < -0.4 is 5.32 Å². The van der Waals surface area contributed by atoms with Crippen LogP contribution in [0.1, 0.15) is 12.8 Å². The van der Waals surface area contributed by atoms with Crippen molar-refractivity contribution >= 4 is 5.97 Å². The first-order valence-electron chi connectivity index (χ1n) is 4.08. The second-order valence-electron chi connectivity index (χ2n) is 3.23. The van der Waals surface area contributed by atoms with Gasteiger partial charge in [0.2, 0.25) is 0 Å². The summed E-state index contributed by atoms with van der Waals surface area (Å²) >= 11 is 0. The maximum Gasteiger partial charge on any atom is 0.326 e. The number of nitrogens with one attached hydrogen (secondary N) is 1. The highest BCUT2D eigenvalue weighted by Crippen LogP contribution is 2.39. The summed E-state index contributed by atoms with van der Waals surface area (Å²) in [7, 11) is 3.20.